The lowest BCUT2D eigenvalue weighted by Crippen LogP contribution is -2.36. The monoisotopic (exact) mass is 303 g/mol. The molecule has 20 heavy (non-hydrogen) atoms. The highest BCUT2D eigenvalue weighted by Crippen LogP contribution is 2.29. The van der Waals surface area contributed by atoms with Crippen molar-refractivity contribution in [1.82, 2.24) is 4.90 Å². The van der Waals surface area contributed by atoms with Crippen molar-refractivity contribution in [2.45, 2.75) is 18.8 Å². The van der Waals surface area contributed by atoms with Gasteiger partial charge in [0.25, 0.3) is 0 Å². The molecule has 1 aliphatic rings. The summed E-state index contributed by atoms with van der Waals surface area (Å²) in [6.07, 6.45) is 5.78. The normalized spacial score (nSPS) is 16.9. The van der Waals surface area contributed by atoms with Gasteiger partial charge in [0.1, 0.15) is 0 Å². The molecule has 1 fully saturated rings. The minimum Gasteiger partial charge on any atom is -0.339 e. The SMILES string of the molecule is O=C(/C=C/c1cccs1)N1CCC(c2ccsc2)CC1. The number of hydrogen-bond acceptors (Lipinski definition) is 3. The van der Waals surface area contributed by atoms with E-state index in [2.05, 4.69) is 16.8 Å². The van der Waals surface area contributed by atoms with Crippen molar-refractivity contribution in [2.24, 2.45) is 0 Å². The molecule has 0 spiro atoms. The fourth-order valence-corrected chi connectivity index (χ4v) is 3.95. The molecule has 4 heteroatoms. The predicted octanol–water partition coefficient (Wildman–Crippen LogP) is 4.23. The first kappa shape index (κ1) is 13.6. The van der Waals surface area contributed by atoms with Gasteiger partial charge in [-0.2, -0.15) is 11.3 Å². The van der Waals surface area contributed by atoms with Crippen LogP contribution in [0.25, 0.3) is 6.08 Å². The largest absolute Gasteiger partial charge is 0.339 e. The second kappa shape index (κ2) is 6.37. The molecule has 2 aromatic heterocycles. The molecule has 0 atom stereocenters. The lowest BCUT2D eigenvalue weighted by molar-refractivity contribution is -0.126. The predicted molar refractivity (Wildman–Crippen MR) is 86.2 cm³/mol. The highest BCUT2D eigenvalue weighted by Gasteiger charge is 2.22. The zero-order valence-corrected chi connectivity index (χ0v) is 12.8. The Morgan fingerprint density at radius 1 is 1.25 bits per heavy atom. The topological polar surface area (TPSA) is 20.3 Å². The minimum atomic E-state index is 0.141. The van der Waals surface area contributed by atoms with E-state index in [4.69, 9.17) is 0 Å². The van der Waals surface area contributed by atoms with Gasteiger partial charge < -0.3 is 4.90 Å². The van der Waals surface area contributed by atoms with E-state index in [9.17, 15) is 4.79 Å². The third kappa shape index (κ3) is 3.19. The highest BCUT2D eigenvalue weighted by molar-refractivity contribution is 7.10. The summed E-state index contributed by atoms with van der Waals surface area (Å²) in [5, 5.41) is 6.39. The molecule has 1 saturated heterocycles. The van der Waals surface area contributed by atoms with E-state index in [1.807, 2.05) is 28.5 Å². The van der Waals surface area contributed by atoms with Gasteiger partial charge in [0.15, 0.2) is 0 Å². The van der Waals surface area contributed by atoms with Crippen molar-refractivity contribution in [2.75, 3.05) is 13.1 Å². The maximum absolute atomic E-state index is 12.1. The Labute approximate surface area is 127 Å². The van der Waals surface area contributed by atoms with E-state index in [0.29, 0.717) is 5.92 Å². The second-order valence-electron chi connectivity index (χ2n) is 5.00. The summed E-state index contributed by atoms with van der Waals surface area (Å²) in [7, 11) is 0. The van der Waals surface area contributed by atoms with Crippen molar-refractivity contribution in [3.8, 4) is 0 Å². The van der Waals surface area contributed by atoms with Gasteiger partial charge in [-0.05, 0) is 58.7 Å². The average molecular weight is 303 g/mol. The van der Waals surface area contributed by atoms with Crippen LogP contribution in [0.3, 0.4) is 0 Å². The molecule has 3 heterocycles. The Hall–Kier alpha value is -1.39. The maximum atomic E-state index is 12.1. The first-order valence-corrected chi connectivity index (χ1v) is 8.68. The van der Waals surface area contributed by atoms with E-state index >= 15 is 0 Å². The lowest BCUT2D eigenvalue weighted by Gasteiger charge is -2.31. The quantitative estimate of drug-likeness (QED) is 0.777. The molecule has 0 unspecified atom stereocenters. The number of rotatable bonds is 3. The molecular weight excluding hydrogens is 286 g/mol. The van der Waals surface area contributed by atoms with E-state index in [0.717, 1.165) is 30.8 Å². The first-order chi connectivity index (χ1) is 9.83. The molecule has 1 aliphatic heterocycles. The molecule has 0 aromatic carbocycles. The van der Waals surface area contributed by atoms with E-state index < -0.39 is 0 Å². The molecule has 0 saturated carbocycles. The summed E-state index contributed by atoms with van der Waals surface area (Å²) in [6.45, 7) is 1.74. The van der Waals surface area contributed by atoms with Gasteiger partial charge in [0.05, 0.1) is 0 Å². The number of amides is 1. The fourth-order valence-electron chi connectivity index (χ4n) is 2.59. The van der Waals surface area contributed by atoms with Crippen LogP contribution < -0.4 is 0 Å². The van der Waals surface area contributed by atoms with Crippen LogP contribution in [0.15, 0.2) is 40.4 Å². The van der Waals surface area contributed by atoms with Crippen molar-refractivity contribution >= 4 is 34.7 Å². The average Bonchev–Trinajstić information content (AvgIpc) is 3.18. The van der Waals surface area contributed by atoms with Crippen molar-refractivity contribution in [3.05, 3.63) is 50.9 Å². The van der Waals surface area contributed by atoms with Gasteiger partial charge in [0.2, 0.25) is 5.91 Å². The summed E-state index contributed by atoms with van der Waals surface area (Å²) < 4.78 is 0. The lowest BCUT2D eigenvalue weighted by atomic mass is 9.91. The number of thiophene rings is 2. The second-order valence-corrected chi connectivity index (χ2v) is 6.76. The van der Waals surface area contributed by atoms with Crippen LogP contribution in [0, 0.1) is 0 Å². The van der Waals surface area contributed by atoms with Gasteiger partial charge in [-0.1, -0.05) is 6.07 Å². The van der Waals surface area contributed by atoms with E-state index in [1.165, 1.54) is 5.56 Å². The van der Waals surface area contributed by atoms with Crippen molar-refractivity contribution in [3.63, 3.8) is 0 Å². The molecule has 2 aromatic rings. The zero-order valence-electron chi connectivity index (χ0n) is 11.2. The van der Waals surface area contributed by atoms with Gasteiger partial charge in [-0.15, -0.1) is 11.3 Å². The zero-order chi connectivity index (χ0) is 13.8. The van der Waals surface area contributed by atoms with Crippen LogP contribution in [0.2, 0.25) is 0 Å². The Kier molecular flexibility index (Phi) is 4.33. The summed E-state index contributed by atoms with van der Waals surface area (Å²) >= 11 is 3.41. The Bertz CT molecular complexity index is 564. The van der Waals surface area contributed by atoms with Crippen LogP contribution in [-0.2, 0) is 4.79 Å². The first-order valence-electron chi connectivity index (χ1n) is 6.85. The number of carbonyl (C=O) groups excluding carboxylic acids is 1. The Morgan fingerprint density at radius 2 is 2.10 bits per heavy atom. The third-order valence-electron chi connectivity index (χ3n) is 3.75. The Morgan fingerprint density at radius 3 is 2.75 bits per heavy atom. The molecule has 0 aliphatic carbocycles. The molecule has 0 bridgehead atoms. The molecule has 104 valence electrons. The number of likely N-dealkylation sites (tertiary alicyclic amines) is 1. The summed E-state index contributed by atoms with van der Waals surface area (Å²) in [4.78, 5) is 15.2. The summed E-state index contributed by atoms with van der Waals surface area (Å²) in [6, 6.07) is 6.24. The van der Waals surface area contributed by atoms with Crippen LogP contribution in [-0.4, -0.2) is 23.9 Å². The molecule has 1 amide bonds. The molecule has 3 rings (SSSR count). The summed E-state index contributed by atoms with van der Waals surface area (Å²) in [5.41, 5.74) is 1.44. The molecule has 0 N–H and O–H groups in total. The van der Waals surface area contributed by atoms with Crippen LogP contribution in [0.4, 0.5) is 0 Å². The van der Waals surface area contributed by atoms with Crippen molar-refractivity contribution < 1.29 is 4.79 Å². The third-order valence-corrected chi connectivity index (χ3v) is 5.29. The number of nitrogens with zero attached hydrogens (tertiary/aromatic N) is 1. The van der Waals surface area contributed by atoms with Gasteiger partial charge in [0, 0.05) is 24.0 Å². The maximum Gasteiger partial charge on any atom is 0.246 e. The van der Waals surface area contributed by atoms with Gasteiger partial charge in [-0.3, -0.25) is 4.79 Å². The van der Waals surface area contributed by atoms with Gasteiger partial charge in [-0.25, -0.2) is 0 Å². The number of hydrogen-bond donors (Lipinski definition) is 0. The van der Waals surface area contributed by atoms with E-state index in [-0.39, 0.29) is 5.91 Å². The van der Waals surface area contributed by atoms with E-state index in [1.54, 1.807) is 28.7 Å². The van der Waals surface area contributed by atoms with Crippen LogP contribution in [0.1, 0.15) is 29.2 Å². The Balaban J connectivity index is 1.54. The fraction of sp³-hybridized carbons (Fsp3) is 0.312. The van der Waals surface area contributed by atoms with Gasteiger partial charge >= 0.3 is 0 Å². The molecule has 0 radical (unpaired) electrons. The smallest absolute Gasteiger partial charge is 0.246 e. The number of piperidine rings is 1. The number of carbonyl (C=O) groups is 1. The van der Waals surface area contributed by atoms with Crippen LogP contribution >= 0.6 is 22.7 Å². The van der Waals surface area contributed by atoms with Crippen LogP contribution in [0.5, 0.6) is 0 Å². The summed E-state index contributed by atoms with van der Waals surface area (Å²) in [5.74, 6) is 0.772. The standard InChI is InChI=1S/C16H17NOS2/c18-16(4-3-15-2-1-10-20-15)17-8-5-13(6-9-17)14-7-11-19-12-14/h1-4,7,10-13H,5-6,8-9H2/b4-3+. The van der Waals surface area contributed by atoms with Crippen molar-refractivity contribution in [1.29, 1.82) is 0 Å². The highest BCUT2D eigenvalue weighted by atomic mass is 32.1. The minimum absolute atomic E-state index is 0.141. The molecular formula is C16H17NOS2. The molecule has 2 nitrogen and oxygen atoms in total.